The minimum absolute atomic E-state index is 0.166. The zero-order chi connectivity index (χ0) is 12.2. The molecule has 0 rings (SSSR count). The largest absolute Gasteiger partial charge is 0.756 e. The van der Waals surface area contributed by atoms with Gasteiger partial charge in [-0.2, -0.15) is 0 Å². The molecule has 1 amide bonds. The maximum atomic E-state index is 11.2. The van der Waals surface area contributed by atoms with Crippen molar-refractivity contribution in [2.24, 2.45) is 4.58 Å². The number of carbonyl (C=O) groups excluding carboxylic acids is 1. The van der Waals surface area contributed by atoms with Crippen LogP contribution in [0.3, 0.4) is 0 Å². The van der Waals surface area contributed by atoms with Gasteiger partial charge in [-0.1, -0.05) is 0 Å². The molecule has 0 saturated heterocycles. The third-order valence-corrected chi connectivity index (χ3v) is 2.48. The summed E-state index contributed by atoms with van der Waals surface area (Å²) in [7, 11) is 0. The average molecular weight is 235 g/mol. The molecular weight excluding hydrogens is 224 g/mol. The van der Waals surface area contributed by atoms with E-state index in [1.807, 2.05) is 0 Å². The molecule has 0 bridgehead atoms. The van der Waals surface area contributed by atoms with E-state index in [-0.39, 0.29) is 5.06 Å². The Morgan fingerprint density at radius 1 is 1.53 bits per heavy atom. The number of nitroso groups, excluding NO2 is 1. The van der Waals surface area contributed by atoms with Gasteiger partial charge >= 0.3 is 5.97 Å². The van der Waals surface area contributed by atoms with Gasteiger partial charge in [-0.05, 0) is 13.8 Å². The number of carbonyl (C=O) groups is 2. The summed E-state index contributed by atoms with van der Waals surface area (Å²) >= 11 is 0.410. The second-order valence-corrected chi connectivity index (χ2v) is 4.74. The molecule has 0 fully saturated rings. The molecular formula is C7H11N2O5S-. The fourth-order valence-electron chi connectivity index (χ4n) is 1.01. The van der Waals surface area contributed by atoms with Crippen LogP contribution in [0, 0.1) is 10.1 Å². The lowest BCUT2D eigenvalue weighted by Gasteiger charge is -2.40. The standard InChI is InChI=1S/C7H11N2O5S/c1-4(10)9(14)5(6(11)12)7(2,3)15-8-13/h5H,1-3H3,(H,11,12)/q-1/t5-/m1/s1. The number of amides is 1. The number of hydrogen-bond acceptors (Lipinski definition) is 6. The van der Waals surface area contributed by atoms with E-state index >= 15 is 0 Å². The molecule has 0 heterocycles. The van der Waals surface area contributed by atoms with Gasteiger partial charge in [0.25, 0.3) is 0 Å². The van der Waals surface area contributed by atoms with Gasteiger partial charge in [0.2, 0.25) is 5.91 Å². The Morgan fingerprint density at radius 3 is 2.27 bits per heavy atom. The van der Waals surface area contributed by atoms with Crippen LogP contribution in [0.4, 0.5) is 0 Å². The van der Waals surface area contributed by atoms with Crippen LogP contribution < -0.4 is 0 Å². The summed E-state index contributed by atoms with van der Waals surface area (Å²) in [6, 6.07) is -1.64. The fourth-order valence-corrected chi connectivity index (χ4v) is 1.50. The van der Waals surface area contributed by atoms with E-state index < -0.39 is 22.7 Å². The summed E-state index contributed by atoms with van der Waals surface area (Å²) in [6.07, 6.45) is 0. The van der Waals surface area contributed by atoms with Crippen LogP contribution in [0.2, 0.25) is 0 Å². The summed E-state index contributed by atoms with van der Waals surface area (Å²) < 4.78 is 1.20. The van der Waals surface area contributed by atoms with Crippen molar-refractivity contribution in [2.75, 3.05) is 0 Å². The normalized spacial score (nSPS) is 13.1. The molecule has 0 aromatic heterocycles. The molecule has 0 aliphatic rings. The van der Waals surface area contributed by atoms with Crippen LogP contribution in [-0.4, -0.2) is 32.8 Å². The zero-order valence-electron chi connectivity index (χ0n) is 8.46. The number of hydroxylamine groups is 2. The molecule has 0 unspecified atom stereocenters. The van der Waals surface area contributed by atoms with Crippen molar-refractivity contribution in [1.82, 2.24) is 5.06 Å². The van der Waals surface area contributed by atoms with E-state index in [2.05, 4.69) is 4.58 Å². The third kappa shape index (κ3) is 3.48. The fraction of sp³-hybridized carbons (Fsp3) is 0.714. The van der Waals surface area contributed by atoms with Crippen molar-refractivity contribution in [1.29, 1.82) is 0 Å². The Hall–Kier alpha value is -1.15. The smallest absolute Gasteiger partial charge is 0.327 e. The second kappa shape index (κ2) is 5.08. The van der Waals surface area contributed by atoms with Crippen molar-refractivity contribution in [3.05, 3.63) is 10.1 Å². The van der Waals surface area contributed by atoms with Crippen molar-refractivity contribution in [3.63, 3.8) is 0 Å². The van der Waals surface area contributed by atoms with Crippen LogP contribution in [0.25, 0.3) is 0 Å². The molecule has 0 radical (unpaired) electrons. The molecule has 1 atom stereocenters. The molecule has 0 saturated carbocycles. The molecule has 8 heteroatoms. The summed E-state index contributed by atoms with van der Waals surface area (Å²) in [5.74, 6) is -2.40. The molecule has 0 aliphatic heterocycles. The molecule has 0 spiro atoms. The average Bonchev–Trinajstić information content (AvgIpc) is 2.01. The maximum Gasteiger partial charge on any atom is 0.327 e. The number of nitrogens with zero attached hydrogens (tertiary/aromatic N) is 2. The van der Waals surface area contributed by atoms with Crippen LogP contribution in [0.5, 0.6) is 0 Å². The van der Waals surface area contributed by atoms with Gasteiger partial charge in [-0.3, -0.25) is 4.79 Å². The van der Waals surface area contributed by atoms with Gasteiger partial charge in [-0.25, -0.2) is 4.79 Å². The Morgan fingerprint density at radius 2 is 2.00 bits per heavy atom. The van der Waals surface area contributed by atoms with Crippen LogP contribution in [0.1, 0.15) is 20.8 Å². The molecule has 7 nitrogen and oxygen atoms in total. The summed E-state index contributed by atoms with van der Waals surface area (Å²) in [6.45, 7) is 3.66. The van der Waals surface area contributed by atoms with Crippen LogP contribution in [0.15, 0.2) is 4.58 Å². The molecule has 0 aromatic rings. The van der Waals surface area contributed by atoms with Gasteiger partial charge in [0, 0.05) is 23.5 Å². The molecule has 86 valence electrons. The number of rotatable bonds is 5. The zero-order valence-corrected chi connectivity index (χ0v) is 9.28. The minimum Gasteiger partial charge on any atom is -0.756 e. The number of carboxylic acid groups (broad SMARTS) is 1. The molecule has 0 aliphatic carbocycles. The summed E-state index contributed by atoms with van der Waals surface area (Å²) in [4.78, 5) is 31.6. The highest BCUT2D eigenvalue weighted by Gasteiger charge is 2.39. The summed E-state index contributed by atoms with van der Waals surface area (Å²) in [5.41, 5.74) is 0. The van der Waals surface area contributed by atoms with Gasteiger partial charge in [0.15, 0.2) is 0 Å². The quantitative estimate of drug-likeness (QED) is 0.432. The van der Waals surface area contributed by atoms with Crippen molar-refractivity contribution < 1.29 is 14.7 Å². The van der Waals surface area contributed by atoms with Gasteiger partial charge < -0.3 is 15.4 Å². The first-order valence-corrected chi connectivity index (χ1v) is 4.72. The Balaban J connectivity index is 5.04. The van der Waals surface area contributed by atoms with Crippen molar-refractivity contribution >= 4 is 23.8 Å². The van der Waals surface area contributed by atoms with Gasteiger partial charge in [0.05, 0.1) is 4.75 Å². The summed E-state index contributed by atoms with van der Waals surface area (Å²) in [5, 5.41) is 19.9. The predicted octanol–water partition coefficient (Wildman–Crippen LogP) is 0.979. The number of hydrogen-bond donors (Lipinski definition) is 1. The predicted molar refractivity (Wildman–Crippen MR) is 54.8 cm³/mol. The first kappa shape index (κ1) is 13.8. The molecule has 0 aromatic carbocycles. The third-order valence-electron chi connectivity index (χ3n) is 1.71. The molecule has 1 N–H and O–H groups in total. The highest BCUT2D eigenvalue weighted by atomic mass is 32.2. The lowest BCUT2D eigenvalue weighted by molar-refractivity contribution is -0.148. The number of aliphatic carboxylic acids is 1. The van der Waals surface area contributed by atoms with E-state index in [9.17, 15) is 19.7 Å². The Kier molecular flexibility index (Phi) is 4.69. The van der Waals surface area contributed by atoms with Crippen LogP contribution in [-0.2, 0) is 9.59 Å². The van der Waals surface area contributed by atoms with Crippen molar-refractivity contribution in [3.8, 4) is 0 Å². The highest BCUT2D eigenvalue weighted by Crippen LogP contribution is 2.31. The van der Waals surface area contributed by atoms with E-state index in [4.69, 9.17) is 5.11 Å². The first-order valence-electron chi connectivity index (χ1n) is 3.94. The monoisotopic (exact) mass is 235 g/mol. The van der Waals surface area contributed by atoms with Crippen LogP contribution >= 0.6 is 11.9 Å². The highest BCUT2D eigenvalue weighted by molar-refractivity contribution is 7.99. The maximum absolute atomic E-state index is 11.2. The second-order valence-electron chi connectivity index (χ2n) is 3.35. The SMILES string of the molecule is CC(=O)N([O-])[C@H](C(=O)O)C(C)(C)SN=O. The first-order chi connectivity index (χ1) is 6.74. The van der Waals surface area contributed by atoms with E-state index in [1.165, 1.54) is 13.8 Å². The lowest BCUT2D eigenvalue weighted by atomic mass is 10.0. The van der Waals surface area contributed by atoms with E-state index in [0.717, 1.165) is 6.92 Å². The molecule has 15 heavy (non-hydrogen) atoms. The lowest BCUT2D eigenvalue weighted by Crippen LogP contribution is -2.51. The van der Waals surface area contributed by atoms with Gasteiger partial charge in [-0.15, -0.1) is 4.91 Å². The topological polar surface area (TPSA) is 110 Å². The van der Waals surface area contributed by atoms with E-state index in [1.54, 1.807) is 0 Å². The van der Waals surface area contributed by atoms with Crippen molar-refractivity contribution in [2.45, 2.75) is 31.6 Å². The van der Waals surface area contributed by atoms with E-state index in [0.29, 0.717) is 11.9 Å². The minimum atomic E-state index is -1.64. The Labute approximate surface area is 90.5 Å². The Bertz CT molecular complexity index is 281. The number of carboxylic acids is 1. The van der Waals surface area contributed by atoms with Gasteiger partial charge in [0.1, 0.15) is 6.04 Å².